The summed E-state index contributed by atoms with van der Waals surface area (Å²) in [7, 11) is 0. The maximum atomic E-state index is 5.84. The van der Waals surface area contributed by atoms with Crippen molar-refractivity contribution in [3.63, 3.8) is 0 Å². The van der Waals surface area contributed by atoms with E-state index in [1.165, 1.54) is 19.4 Å². The smallest absolute Gasteiger partial charge is 0.132 e. The molecule has 0 bridgehead atoms. The molecule has 0 radical (unpaired) electrons. The van der Waals surface area contributed by atoms with E-state index in [2.05, 4.69) is 46.6 Å². The summed E-state index contributed by atoms with van der Waals surface area (Å²) in [5, 5.41) is 0. The molecular weight excluding hydrogens is 288 g/mol. The minimum absolute atomic E-state index is 0.0578. The third-order valence-corrected chi connectivity index (χ3v) is 5.08. The molecule has 128 valence electrons. The highest BCUT2D eigenvalue weighted by molar-refractivity contribution is 5.39. The van der Waals surface area contributed by atoms with E-state index in [9.17, 15) is 0 Å². The quantitative estimate of drug-likeness (QED) is 0.852. The summed E-state index contributed by atoms with van der Waals surface area (Å²) in [6.07, 6.45) is 5.05. The summed E-state index contributed by atoms with van der Waals surface area (Å²) in [5.41, 5.74) is 1.18. The minimum Gasteiger partial charge on any atom is -0.376 e. The van der Waals surface area contributed by atoms with Gasteiger partial charge in [0.25, 0.3) is 0 Å². The summed E-state index contributed by atoms with van der Waals surface area (Å²) in [5.74, 6) is 1.86. The number of aryl methyl sites for hydroxylation is 1. The fraction of sp³-hybridized carbons (Fsp3) is 0.778. The van der Waals surface area contributed by atoms with Gasteiger partial charge in [-0.1, -0.05) is 6.92 Å². The summed E-state index contributed by atoms with van der Waals surface area (Å²) < 4.78 is 5.84. The first-order valence-electron chi connectivity index (χ1n) is 8.98. The summed E-state index contributed by atoms with van der Waals surface area (Å²) >= 11 is 0. The van der Waals surface area contributed by atoms with Crippen molar-refractivity contribution >= 4 is 5.82 Å². The molecule has 0 N–H and O–H groups in total. The first kappa shape index (κ1) is 16.7. The molecule has 1 aromatic heterocycles. The molecule has 0 saturated carbocycles. The third kappa shape index (κ3) is 4.42. The largest absolute Gasteiger partial charge is 0.376 e. The van der Waals surface area contributed by atoms with E-state index in [0.29, 0.717) is 0 Å². The molecule has 1 aromatic rings. The van der Waals surface area contributed by atoms with E-state index in [1.807, 2.05) is 0 Å². The molecule has 0 aromatic carbocycles. The van der Waals surface area contributed by atoms with Crippen molar-refractivity contribution in [3.05, 3.63) is 18.1 Å². The average Bonchev–Trinajstić information content (AvgIpc) is 2.55. The molecule has 3 rings (SSSR count). The molecule has 0 spiro atoms. The van der Waals surface area contributed by atoms with Crippen LogP contribution in [0.15, 0.2) is 12.4 Å². The van der Waals surface area contributed by atoms with Crippen molar-refractivity contribution in [2.75, 3.05) is 44.2 Å². The zero-order chi connectivity index (χ0) is 16.3. The van der Waals surface area contributed by atoms with E-state index in [-0.39, 0.29) is 5.60 Å². The van der Waals surface area contributed by atoms with E-state index in [4.69, 9.17) is 4.74 Å². The highest BCUT2D eigenvalue weighted by atomic mass is 16.5. The van der Waals surface area contributed by atoms with Crippen LogP contribution in [-0.4, -0.2) is 59.8 Å². The number of ether oxygens (including phenoxy) is 1. The van der Waals surface area contributed by atoms with Crippen LogP contribution in [0.1, 0.15) is 39.3 Å². The normalized spacial score (nSPS) is 25.5. The van der Waals surface area contributed by atoms with Crippen molar-refractivity contribution in [3.8, 4) is 0 Å². The molecule has 0 aliphatic carbocycles. The third-order valence-electron chi connectivity index (χ3n) is 5.08. The van der Waals surface area contributed by atoms with E-state index < -0.39 is 0 Å². The van der Waals surface area contributed by atoms with Crippen molar-refractivity contribution in [1.29, 1.82) is 0 Å². The predicted octanol–water partition coefficient (Wildman–Crippen LogP) is 2.37. The van der Waals surface area contributed by atoms with Crippen LogP contribution in [0.25, 0.3) is 0 Å². The van der Waals surface area contributed by atoms with Gasteiger partial charge in [-0.15, -0.1) is 0 Å². The van der Waals surface area contributed by atoms with Gasteiger partial charge < -0.3 is 9.64 Å². The fourth-order valence-corrected chi connectivity index (χ4v) is 3.79. The van der Waals surface area contributed by atoms with Crippen LogP contribution in [0.4, 0.5) is 5.82 Å². The monoisotopic (exact) mass is 318 g/mol. The summed E-state index contributed by atoms with van der Waals surface area (Å²) in [6.45, 7) is 13.1. The van der Waals surface area contributed by atoms with Gasteiger partial charge in [-0.25, -0.2) is 9.97 Å². The zero-order valence-electron chi connectivity index (χ0n) is 14.8. The molecule has 0 amide bonds. The fourth-order valence-electron chi connectivity index (χ4n) is 3.79. The highest BCUT2D eigenvalue weighted by Gasteiger charge is 2.30. The Morgan fingerprint density at radius 1 is 1.22 bits per heavy atom. The van der Waals surface area contributed by atoms with Crippen LogP contribution >= 0.6 is 0 Å². The van der Waals surface area contributed by atoms with Crippen LogP contribution in [0.2, 0.25) is 0 Å². The van der Waals surface area contributed by atoms with Gasteiger partial charge in [0.15, 0.2) is 0 Å². The molecule has 2 saturated heterocycles. The SMILES string of the molecule is CCc1cc(N2CCN(C[C@@H]3CCOC(C)(C)C3)CC2)ncn1. The van der Waals surface area contributed by atoms with Crippen LogP contribution in [0, 0.1) is 5.92 Å². The number of rotatable bonds is 4. The highest BCUT2D eigenvalue weighted by Crippen LogP contribution is 2.29. The molecular formula is C18H30N4O. The maximum Gasteiger partial charge on any atom is 0.132 e. The predicted molar refractivity (Wildman–Crippen MR) is 92.8 cm³/mol. The maximum absolute atomic E-state index is 5.84. The molecule has 5 nitrogen and oxygen atoms in total. The van der Waals surface area contributed by atoms with Crippen molar-refractivity contribution in [2.24, 2.45) is 5.92 Å². The number of aromatic nitrogens is 2. The number of anilines is 1. The van der Waals surface area contributed by atoms with Gasteiger partial charge in [-0.3, -0.25) is 4.90 Å². The lowest BCUT2D eigenvalue weighted by Crippen LogP contribution is -2.49. The second kappa shape index (κ2) is 7.14. The Bertz CT molecular complexity index is 511. The van der Waals surface area contributed by atoms with Gasteiger partial charge >= 0.3 is 0 Å². The van der Waals surface area contributed by atoms with Crippen molar-refractivity contribution < 1.29 is 4.74 Å². The standard InChI is InChI=1S/C18H30N4O/c1-4-16-11-17(20-14-19-16)22-8-6-21(7-9-22)13-15-5-10-23-18(2,3)12-15/h11,14-15H,4-10,12-13H2,1-3H3/t15-/m1/s1. The Morgan fingerprint density at radius 3 is 2.70 bits per heavy atom. The topological polar surface area (TPSA) is 41.5 Å². The number of piperazine rings is 1. The summed E-state index contributed by atoms with van der Waals surface area (Å²) in [4.78, 5) is 13.8. The number of nitrogens with zero attached hydrogens (tertiary/aromatic N) is 4. The lowest BCUT2D eigenvalue weighted by Gasteiger charge is -2.40. The van der Waals surface area contributed by atoms with Gasteiger partial charge in [0.2, 0.25) is 0 Å². The van der Waals surface area contributed by atoms with Gasteiger partial charge in [0.05, 0.1) is 5.60 Å². The van der Waals surface area contributed by atoms with Crippen molar-refractivity contribution in [1.82, 2.24) is 14.9 Å². The average molecular weight is 318 g/mol. The Hall–Kier alpha value is -1.20. The lowest BCUT2D eigenvalue weighted by molar-refractivity contribution is -0.0769. The van der Waals surface area contributed by atoms with Gasteiger partial charge in [-0.05, 0) is 39.0 Å². The zero-order valence-corrected chi connectivity index (χ0v) is 14.8. The van der Waals surface area contributed by atoms with E-state index in [0.717, 1.165) is 56.6 Å². The molecule has 0 unspecified atom stereocenters. The molecule has 2 aliphatic rings. The van der Waals surface area contributed by atoms with E-state index in [1.54, 1.807) is 6.33 Å². The van der Waals surface area contributed by atoms with Crippen molar-refractivity contribution in [2.45, 2.75) is 45.6 Å². The van der Waals surface area contributed by atoms with Gasteiger partial charge in [0, 0.05) is 51.1 Å². The van der Waals surface area contributed by atoms with Crippen LogP contribution in [0.3, 0.4) is 0 Å². The molecule has 2 fully saturated rings. The Labute approximate surface area is 140 Å². The molecule has 23 heavy (non-hydrogen) atoms. The lowest BCUT2D eigenvalue weighted by atomic mass is 9.88. The second-order valence-electron chi connectivity index (χ2n) is 7.48. The molecule has 3 heterocycles. The van der Waals surface area contributed by atoms with Gasteiger partial charge in [0.1, 0.15) is 12.1 Å². The Morgan fingerprint density at radius 2 is 2.00 bits per heavy atom. The first-order valence-corrected chi connectivity index (χ1v) is 8.98. The molecule has 2 aliphatic heterocycles. The van der Waals surface area contributed by atoms with Crippen LogP contribution in [-0.2, 0) is 11.2 Å². The van der Waals surface area contributed by atoms with E-state index >= 15 is 0 Å². The minimum atomic E-state index is 0.0578. The second-order valence-corrected chi connectivity index (χ2v) is 7.48. The van der Waals surface area contributed by atoms with Crippen LogP contribution in [0.5, 0.6) is 0 Å². The Balaban J connectivity index is 1.50. The first-order chi connectivity index (χ1) is 11.1. The summed E-state index contributed by atoms with van der Waals surface area (Å²) in [6, 6.07) is 2.14. The number of hydrogen-bond donors (Lipinski definition) is 0. The Kier molecular flexibility index (Phi) is 5.17. The number of hydrogen-bond acceptors (Lipinski definition) is 5. The van der Waals surface area contributed by atoms with Crippen LogP contribution < -0.4 is 4.90 Å². The molecule has 1 atom stereocenters. The van der Waals surface area contributed by atoms with Gasteiger partial charge in [-0.2, -0.15) is 0 Å². The molecule has 5 heteroatoms.